The zero-order chi connectivity index (χ0) is 15.5. The molecule has 0 saturated carbocycles. The Bertz CT molecular complexity index is 520. The molecule has 2 rings (SSSR count). The van der Waals surface area contributed by atoms with Crippen molar-refractivity contribution < 1.29 is 4.79 Å². The second-order valence-electron chi connectivity index (χ2n) is 5.70. The Morgan fingerprint density at radius 3 is 2.90 bits per heavy atom. The van der Waals surface area contributed by atoms with Crippen LogP contribution in [-0.4, -0.2) is 31.8 Å². The van der Waals surface area contributed by atoms with E-state index in [0.717, 1.165) is 25.3 Å². The molecule has 1 aliphatic heterocycles. The Morgan fingerprint density at radius 1 is 1.52 bits per heavy atom. The molecule has 0 aromatic heterocycles. The second kappa shape index (κ2) is 6.71. The van der Waals surface area contributed by atoms with Gasteiger partial charge in [0.15, 0.2) is 0 Å². The van der Waals surface area contributed by atoms with E-state index in [1.165, 1.54) is 16.1 Å². The molecule has 1 saturated heterocycles. The molecule has 5 heteroatoms. The maximum Gasteiger partial charge on any atom is 0.227 e. The quantitative estimate of drug-likeness (QED) is 0.819. The molecule has 0 radical (unpaired) electrons. The summed E-state index contributed by atoms with van der Waals surface area (Å²) < 4.78 is 0. The van der Waals surface area contributed by atoms with Gasteiger partial charge in [-0.2, -0.15) is 0 Å². The second-order valence-corrected chi connectivity index (χ2v) is 7.01. The first-order valence-corrected chi connectivity index (χ1v) is 8.46. The highest BCUT2D eigenvalue weighted by Crippen LogP contribution is 2.37. The molecule has 1 aliphatic rings. The summed E-state index contributed by atoms with van der Waals surface area (Å²) in [5.41, 5.74) is 8.06. The fraction of sp³-hybridized carbons (Fsp3) is 0.562. The Labute approximate surface area is 131 Å². The summed E-state index contributed by atoms with van der Waals surface area (Å²) in [5.74, 6) is 1.16. The van der Waals surface area contributed by atoms with Crippen molar-refractivity contribution in [1.82, 2.24) is 5.32 Å². The maximum atomic E-state index is 12.1. The van der Waals surface area contributed by atoms with E-state index in [9.17, 15) is 4.79 Å². The van der Waals surface area contributed by atoms with Crippen LogP contribution in [0.4, 0.5) is 5.69 Å². The van der Waals surface area contributed by atoms with E-state index >= 15 is 0 Å². The lowest BCUT2D eigenvalue weighted by Gasteiger charge is -2.26. The molecule has 0 spiro atoms. The van der Waals surface area contributed by atoms with Gasteiger partial charge in [-0.15, -0.1) is 11.8 Å². The minimum atomic E-state index is -0.311. The Kier molecular flexibility index (Phi) is 5.17. The number of rotatable bonds is 5. The van der Waals surface area contributed by atoms with Crippen molar-refractivity contribution in [2.45, 2.75) is 31.7 Å². The van der Waals surface area contributed by atoms with Crippen molar-refractivity contribution in [2.24, 2.45) is 11.1 Å². The highest BCUT2D eigenvalue weighted by molar-refractivity contribution is 7.99. The maximum absolute atomic E-state index is 12.1. The summed E-state index contributed by atoms with van der Waals surface area (Å²) in [6.45, 7) is 6.37. The molecule has 1 aromatic carbocycles. The normalized spacial score (nSPS) is 21.6. The molecular weight excluding hydrogens is 282 g/mol. The average Bonchev–Trinajstić information content (AvgIpc) is 2.90. The Morgan fingerprint density at radius 2 is 2.29 bits per heavy atom. The molecule has 0 bridgehead atoms. The third-order valence-corrected chi connectivity index (χ3v) is 5.18. The van der Waals surface area contributed by atoms with Crippen LogP contribution in [0.15, 0.2) is 23.1 Å². The molecule has 1 fully saturated rings. The van der Waals surface area contributed by atoms with Gasteiger partial charge in [0.2, 0.25) is 5.91 Å². The minimum Gasteiger partial charge on any atom is -0.370 e. The van der Waals surface area contributed by atoms with E-state index in [0.29, 0.717) is 6.54 Å². The third-order valence-electron chi connectivity index (χ3n) is 4.20. The number of carbonyl (C=O) groups is 1. The predicted molar refractivity (Wildman–Crippen MR) is 89.7 cm³/mol. The lowest BCUT2D eigenvalue weighted by atomic mass is 9.89. The minimum absolute atomic E-state index is 0.124. The van der Waals surface area contributed by atoms with E-state index in [4.69, 9.17) is 5.73 Å². The molecule has 0 aliphatic carbocycles. The molecule has 1 unspecified atom stereocenters. The smallest absolute Gasteiger partial charge is 0.227 e. The first-order valence-electron chi connectivity index (χ1n) is 7.47. The predicted octanol–water partition coefficient (Wildman–Crippen LogP) is 2.22. The number of thioether (sulfide) groups is 1. The zero-order valence-electron chi connectivity index (χ0n) is 13.1. The number of nitrogens with zero attached hydrogens (tertiary/aromatic N) is 1. The van der Waals surface area contributed by atoms with Crippen LogP contribution in [0.25, 0.3) is 0 Å². The number of nitrogens with one attached hydrogen (secondary N) is 1. The molecule has 4 nitrogen and oxygen atoms in total. The van der Waals surface area contributed by atoms with Gasteiger partial charge in [0.25, 0.3) is 0 Å². The summed E-state index contributed by atoms with van der Waals surface area (Å²) in [4.78, 5) is 15.6. The largest absolute Gasteiger partial charge is 0.370 e. The molecule has 1 aromatic rings. The lowest BCUT2D eigenvalue weighted by molar-refractivity contribution is -0.128. The molecule has 3 N–H and O–H groups in total. The van der Waals surface area contributed by atoms with Crippen molar-refractivity contribution in [3.8, 4) is 0 Å². The van der Waals surface area contributed by atoms with Crippen molar-refractivity contribution in [3.63, 3.8) is 0 Å². The summed E-state index contributed by atoms with van der Waals surface area (Å²) in [6.07, 6.45) is 0.877. The van der Waals surface area contributed by atoms with Crippen molar-refractivity contribution in [2.75, 3.05) is 30.8 Å². The number of carbonyl (C=O) groups excluding carboxylic acids is 1. The molecule has 116 valence electrons. The van der Waals surface area contributed by atoms with Crippen LogP contribution in [0.3, 0.4) is 0 Å². The van der Waals surface area contributed by atoms with Crippen LogP contribution in [-0.2, 0) is 11.3 Å². The van der Waals surface area contributed by atoms with Gasteiger partial charge in [0.05, 0.1) is 5.41 Å². The topological polar surface area (TPSA) is 58.4 Å². The molecular formula is C16H25N3OS. The van der Waals surface area contributed by atoms with E-state index in [-0.39, 0.29) is 11.3 Å². The average molecular weight is 307 g/mol. The van der Waals surface area contributed by atoms with Gasteiger partial charge in [-0.3, -0.25) is 4.79 Å². The number of nitrogens with two attached hydrogens (primary N) is 1. The first-order chi connectivity index (χ1) is 10.1. The number of anilines is 1. The van der Waals surface area contributed by atoms with E-state index in [2.05, 4.69) is 35.3 Å². The van der Waals surface area contributed by atoms with Crippen LogP contribution in [0.2, 0.25) is 0 Å². The zero-order valence-corrected chi connectivity index (χ0v) is 13.9. The molecule has 1 heterocycles. The van der Waals surface area contributed by atoms with Crippen LogP contribution < -0.4 is 16.0 Å². The SMILES string of the molecule is CCSc1cccc(N2CCC(C)(C(=O)NC)C2)c1CN. The van der Waals surface area contributed by atoms with E-state index < -0.39 is 0 Å². The van der Waals surface area contributed by atoms with E-state index in [1.807, 2.05) is 18.7 Å². The van der Waals surface area contributed by atoms with Crippen molar-refractivity contribution in [1.29, 1.82) is 0 Å². The standard InChI is InChI=1S/C16H25N3OS/c1-4-21-14-7-5-6-13(12(14)10-17)19-9-8-16(2,11-19)15(20)18-3/h5-7H,4,8-11,17H2,1-3H3,(H,18,20). The number of hydrogen-bond acceptors (Lipinski definition) is 4. The molecule has 1 amide bonds. The van der Waals surface area contributed by atoms with Crippen molar-refractivity contribution in [3.05, 3.63) is 23.8 Å². The summed E-state index contributed by atoms with van der Waals surface area (Å²) >= 11 is 1.82. The lowest BCUT2D eigenvalue weighted by Crippen LogP contribution is -2.39. The number of benzene rings is 1. The van der Waals surface area contributed by atoms with Crippen LogP contribution in [0, 0.1) is 5.41 Å². The van der Waals surface area contributed by atoms with Crippen molar-refractivity contribution >= 4 is 23.4 Å². The molecule has 21 heavy (non-hydrogen) atoms. The molecule has 1 atom stereocenters. The monoisotopic (exact) mass is 307 g/mol. The van der Waals surface area contributed by atoms with Crippen LogP contribution in [0.1, 0.15) is 25.8 Å². The van der Waals surface area contributed by atoms with Gasteiger partial charge in [-0.25, -0.2) is 0 Å². The van der Waals surface area contributed by atoms with Gasteiger partial charge in [-0.1, -0.05) is 13.0 Å². The first kappa shape index (κ1) is 16.2. The summed E-state index contributed by atoms with van der Waals surface area (Å²) in [6, 6.07) is 6.34. The highest BCUT2D eigenvalue weighted by atomic mass is 32.2. The van der Waals surface area contributed by atoms with Gasteiger partial charge in [-0.05, 0) is 31.2 Å². The Balaban J connectivity index is 2.27. The number of amides is 1. The van der Waals surface area contributed by atoms with Crippen LogP contribution in [0.5, 0.6) is 0 Å². The van der Waals surface area contributed by atoms with Gasteiger partial charge >= 0.3 is 0 Å². The van der Waals surface area contributed by atoms with Gasteiger partial charge < -0.3 is 16.0 Å². The van der Waals surface area contributed by atoms with E-state index in [1.54, 1.807) is 7.05 Å². The van der Waals surface area contributed by atoms with Gasteiger partial charge in [0.1, 0.15) is 0 Å². The van der Waals surface area contributed by atoms with Crippen LogP contribution >= 0.6 is 11.8 Å². The number of hydrogen-bond donors (Lipinski definition) is 2. The highest BCUT2D eigenvalue weighted by Gasteiger charge is 2.40. The Hall–Kier alpha value is -1.20. The van der Waals surface area contributed by atoms with Gasteiger partial charge in [0, 0.05) is 42.8 Å². The fourth-order valence-electron chi connectivity index (χ4n) is 3.00. The summed E-state index contributed by atoms with van der Waals surface area (Å²) in [7, 11) is 1.71. The fourth-order valence-corrected chi connectivity index (χ4v) is 3.85. The summed E-state index contributed by atoms with van der Waals surface area (Å²) in [5, 5.41) is 2.79. The third kappa shape index (κ3) is 3.19.